The Hall–Kier alpha value is -1.35. The van der Waals surface area contributed by atoms with Crippen LogP contribution in [0.2, 0.25) is 0 Å². The molecule has 1 aromatic carbocycles. The van der Waals surface area contributed by atoms with Crippen molar-refractivity contribution in [3.05, 3.63) is 30.3 Å². The second kappa shape index (κ2) is 5.12. The van der Waals surface area contributed by atoms with Crippen molar-refractivity contribution in [2.45, 2.75) is 25.8 Å². The quantitative estimate of drug-likeness (QED) is 0.797. The summed E-state index contributed by atoms with van der Waals surface area (Å²) in [6, 6.07) is 10.1. The van der Waals surface area contributed by atoms with Gasteiger partial charge in [-0.1, -0.05) is 18.2 Å². The van der Waals surface area contributed by atoms with E-state index in [9.17, 15) is 4.79 Å². The molecule has 1 heterocycles. The number of piperidine rings is 1. The van der Waals surface area contributed by atoms with Crippen molar-refractivity contribution in [1.82, 2.24) is 5.32 Å². The van der Waals surface area contributed by atoms with Crippen molar-refractivity contribution in [2.24, 2.45) is 5.92 Å². The van der Waals surface area contributed by atoms with Crippen LogP contribution in [0.15, 0.2) is 30.3 Å². The maximum absolute atomic E-state index is 12.0. The lowest BCUT2D eigenvalue weighted by Gasteiger charge is -2.27. The van der Waals surface area contributed by atoms with Crippen LogP contribution in [0.4, 0.5) is 5.69 Å². The maximum atomic E-state index is 12.0. The molecule has 16 heavy (non-hydrogen) atoms. The highest BCUT2D eigenvalue weighted by Gasteiger charge is 2.24. The predicted molar refractivity (Wildman–Crippen MR) is 65.3 cm³/mol. The third kappa shape index (κ3) is 2.83. The van der Waals surface area contributed by atoms with Gasteiger partial charge in [-0.15, -0.1) is 0 Å². The van der Waals surface area contributed by atoms with E-state index in [1.54, 1.807) is 0 Å². The smallest absolute Gasteiger partial charge is 0.227 e. The summed E-state index contributed by atoms with van der Waals surface area (Å²) in [5.41, 5.74) is 0.888. The number of rotatable bonds is 2. The summed E-state index contributed by atoms with van der Waals surface area (Å²) in [4.78, 5) is 12.0. The number of para-hydroxylation sites is 1. The average Bonchev–Trinajstić information content (AvgIpc) is 2.30. The van der Waals surface area contributed by atoms with Gasteiger partial charge in [0, 0.05) is 17.6 Å². The highest BCUT2D eigenvalue weighted by atomic mass is 16.1. The van der Waals surface area contributed by atoms with Gasteiger partial charge in [-0.05, 0) is 38.4 Å². The first-order valence-electron chi connectivity index (χ1n) is 5.85. The molecule has 3 heteroatoms. The van der Waals surface area contributed by atoms with E-state index < -0.39 is 0 Å². The van der Waals surface area contributed by atoms with Gasteiger partial charge >= 0.3 is 0 Å². The molecule has 2 N–H and O–H groups in total. The molecule has 86 valence electrons. The zero-order valence-corrected chi connectivity index (χ0v) is 9.57. The molecule has 1 aliphatic heterocycles. The summed E-state index contributed by atoms with van der Waals surface area (Å²) in [5, 5.41) is 6.32. The fourth-order valence-corrected chi connectivity index (χ4v) is 2.14. The van der Waals surface area contributed by atoms with E-state index in [1.165, 1.54) is 0 Å². The van der Waals surface area contributed by atoms with Gasteiger partial charge in [0.1, 0.15) is 0 Å². The molecule has 0 aromatic heterocycles. The number of carbonyl (C=O) groups excluding carboxylic acids is 1. The lowest BCUT2D eigenvalue weighted by atomic mass is 9.92. The Labute approximate surface area is 96.2 Å². The van der Waals surface area contributed by atoms with Gasteiger partial charge in [-0.2, -0.15) is 0 Å². The molecule has 2 atom stereocenters. The number of anilines is 1. The minimum Gasteiger partial charge on any atom is -0.326 e. The van der Waals surface area contributed by atoms with Crippen LogP contribution in [-0.2, 0) is 4.79 Å². The summed E-state index contributed by atoms with van der Waals surface area (Å²) in [5.74, 6) is 0.302. The molecule has 2 rings (SSSR count). The number of hydrogen-bond acceptors (Lipinski definition) is 2. The highest BCUT2D eigenvalue weighted by molar-refractivity contribution is 5.92. The van der Waals surface area contributed by atoms with Crippen LogP contribution in [0.5, 0.6) is 0 Å². The summed E-state index contributed by atoms with van der Waals surface area (Å²) < 4.78 is 0. The zero-order chi connectivity index (χ0) is 11.4. The van der Waals surface area contributed by atoms with Crippen LogP contribution in [0.25, 0.3) is 0 Å². The van der Waals surface area contributed by atoms with Crippen LogP contribution < -0.4 is 10.6 Å². The predicted octanol–water partition coefficient (Wildman–Crippen LogP) is 2.01. The van der Waals surface area contributed by atoms with Gasteiger partial charge in [-0.25, -0.2) is 0 Å². The summed E-state index contributed by atoms with van der Waals surface area (Å²) in [6.45, 7) is 3.07. The minimum atomic E-state index is 0.149. The summed E-state index contributed by atoms with van der Waals surface area (Å²) in [7, 11) is 0. The Morgan fingerprint density at radius 1 is 1.38 bits per heavy atom. The summed E-state index contributed by atoms with van der Waals surface area (Å²) >= 11 is 0. The molecule has 0 bridgehead atoms. The molecule has 1 aromatic rings. The SMILES string of the molecule is C[C@H]1C[C@@H](C(=O)Nc2ccccc2)CCN1. The van der Waals surface area contributed by atoms with E-state index in [2.05, 4.69) is 17.6 Å². The summed E-state index contributed by atoms with van der Waals surface area (Å²) in [6.07, 6.45) is 1.86. The van der Waals surface area contributed by atoms with Gasteiger partial charge in [0.25, 0.3) is 0 Å². The third-order valence-electron chi connectivity index (χ3n) is 3.04. The van der Waals surface area contributed by atoms with Crippen LogP contribution in [0.1, 0.15) is 19.8 Å². The topological polar surface area (TPSA) is 41.1 Å². The number of nitrogens with one attached hydrogen (secondary N) is 2. The van der Waals surface area contributed by atoms with E-state index in [0.717, 1.165) is 25.1 Å². The minimum absolute atomic E-state index is 0.149. The molecule has 1 amide bonds. The molecule has 0 radical (unpaired) electrons. The van der Waals surface area contributed by atoms with Crippen molar-refractivity contribution >= 4 is 11.6 Å². The molecule has 0 spiro atoms. The van der Waals surface area contributed by atoms with Gasteiger partial charge in [0.2, 0.25) is 5.91 Å². The van der Waals surface area contributed by atoms with E-state index in [4.69, 9.17) is 0 Å². The van der Waals surface area contributed by atoms with E-state index >= 15 is 0 Å². The number of benzene rings is 1. The second-order valence-corrected chi connectivity index (χ2v) is 4.43. The first-order valence-corrected chi connectivity index (χ1v) is 5.85. The molecule has 3 nitrogen and oxygen atoms in total. The molecule has 1 saturated heterocycles. The Kier molecular flexibility index (Phi) is 3.57. The second-order valence-electron chi connectivity index (χ2n) is 4.43. The van der Waals surface area contributed by atoms with Gasteiger partial charge in [0.05, 0.1) is 0 Å². The molecule has 0 unspecified atom stereocenters. The molecular formula is C13H18N2O. The van der Waals surface area contributed by atoms with Gasteiger partial charge in [0.15, 0.2) is 0 Å². The van der Waals surface area contributed by atoms with E-state index in [0.29, 0.717) is 6.04 Å². The van der Waals surface area contributed by atoms with Crippen LogP contribution in [-0.4, -0.2) is 18.5 Å². The number of hydrogen-bond donors (Lipinski definition) is 2. The monoisotopic (exact) mass is 218 g/mol. The molecule has 1 fully saturated rings. The lowest BCUT2D eigenvalue weighted by molar-refractivity contribution is -0.120. The highest BCUT2D eigenvalue weighted by Crippen LogP contribution is 2.18. The van der Waals surface area contributed by atoms with Gasteiger partial charge < -0.3 is 10.6 Å². The fourth-order valence-electron chi connectivity index (χ4n) is 2.14. The van der Waals surface area contributed by atoms with Crippen molar-refractivity contribution in [3.8, 4) is 0 Å². The van der Waals surface area contributed by atoms with Crippen LogP contribution in [0.3, 0.4) is 0 Å². The number of carbonyl (C=O) groups is 1. The lowest BCUT2D eigenvalue weighted by Crippen LogP contribution is -2.40. The van der Waals surface area contributed by atoms with Crippen LogP contribution in [0, 0.1) is 5.92 Å². The standard InChI is InChI=1S/C13H18N2O/c1-10-9-11(7-8-14-10)13(16)15-12-5-3-2-4-6-12/h2-6,10-11,14H,7-9H2,1H3,(H,15,16)/t10-,11-/m0/s1. The normalized spacial score (nSPS) is 25.1. The largest absolute Gasteiger partial charge is 0.326 e. The molecular weight excluding hydrogens is 200 g/mol. The van der Waals surface area contributed by atoms with E-state index in [1.807, 2.05) is 30.3 Å². The van der Waals surface area contributed by atoms with Crippen LogP contribution >= 0.6 is 0 Å². The Morgan fingerprint density at radius 3 is 2.81 bits per heavy atom. The van der Waals surface area contributed by atoms with E-state index in [-0.39, 0.29) is 11.8 Å². The van der Waals surface area contributed by atoms with Crippen molar-refractivity contribution < 1.29 is 4.79 Å². The molecule has 0 aliphatic carbocycles. The Balaban J connectivity index is 1.93. The number of amides is 1. The first-order chi connectivity index (χ1) is 7.75. The first kappa shape index (κ1) is 11.1. The average molecular weight is 218 g/mol. The van der Waals surface area contributed by atoms with Crippen molar-refractivity contribution in [3.63, 3.8) is 0 Å². The third-order valence-corrected chi connectivity index (χ3v) is 3.04. The Morgan fingerprint density at radius 2 is 2.12 bits per heavy atom. The Bertz CT molecular complexity index is 350. The maximum Gasteiger partial charge on any atom is 0.227 e. The fraction of sp³-hybridized carbons (Fsp3) is 0.462. The van der Waals surface area contributed by atoms with Crippen molar-refractivity contribution in [1.29, 1.82) is 0 Å². The zero-order valence-electron chi connectivity index (χ0n) is 9.57. The van der Waals surface area contributed by atoms with Gasteiger partial charge in [-0.3, -0.25) is 4.79 Å². The molecule has 1 aliphatic rings. The molecule has 0 saturated carbocycles. The van der Waals surface area contributed by atoms with Crippen molar-refractivity contribution in [2.75, 3.05) is 11.9 Å².